The highest BCUT2D eigenvalue weighted by Crippen LogP contribution is 2.21. The van der Waals surface area contributed by atoms with E-state index in [0.717, 1.165) is 17.4 Å². The third-order valence-corrected chi connectivity index (χ3v) is 3.64. The van der Waals surface area contributed by atoms with E-state index in [9.17, 15) is 9.90 Å². The molecule has 1 aromatic rings. The van der Waals surface area contributed by atoms with Crippen molar-refractivity contribution in [3.63, 3.8) is 0 Å². The fourth-order valence-electron chi connectivity index (χ4n) is 2.15. The standard InChI is InChI=1S/C13H17BrN2O2/c14-9-3-4-12(17)11(8-9)13(18)16-7-5-10-2-1-6-15-10/h3-4,8,10,15,17H,1-2,5-7H2,(H,16,18). The maximum atomic E-state index is 11.9. The molecule has 5 heteroatoms. The number of phenols is 1. The van der Waals surface area contributed by atoms with Crippen molar-refractivity contribution in [3.05, 3.63) is 28.2 Å². The van der Waals surface area contributed by atoms with Gasteiger partial charge in [-0.3, -0.25) is 4.79 Å². The molecule has 2 rings (SSSR count). The van der Waals surface area contributed by atoms with E-state index in [4.69, 9.17) is 0 Å². The molecule has 1 atom stereocenters. The molecule has 1 amide bonds. The highest BCUT2D eigenvalue weighted by atomic mass is 79.9. The Morgan fingerprint density at radius 2 is 2.39 bits per heavy atom. The van der Waals surface area contributed by atoms with Crippen LogP contribution in [0.3, 0.4) is 0 Å². The normalized spacial score (nSPS) is 18.8. The summed E-state index contributed by atoms with van der Waals surface area (Å²) >= 11 is 3.29. The second-order valence-corrected chi connectivity index (χ2v) is 5.41. The van der Waals surface area contributed by atoms with Gasteiger partial charge in [-0.25, -0.2) is 0 Å². The molecule has 0 bridgehead atoms. The fraction of sp³-hybridized carbons (Fsp3) is 0.462. The number of rotatable bonds is 4. The highest BCUT2D eigenvalue weighted by molar-refractivity contribution is 9.10. The van der Waals surface area contributed by atoms with Crippen molar-refractivity contribution >= 4 is 21.8 Å². The van der Waals surface area contributed by atoms with Gasteiger partial charge in [-0.15, -0.1) is 0 Å². The summed E-state index contributed by atoms with van der Waals surface area (Å²) in [6.07, 6.45) is 3.32. The Balaban J connectivity index is 1.85. The smallest absolute Gasteiger partial charge is 0.255 e. The number of nitrogens with one attached hydrogen (secondary N) is 2. The second kappa shape index (κ2) is 6.20. The molecule has 0 spiro atoms. The monoisotopic (exact) mass is 312 g/mol. The van der Waals surface area contributed by atoms with Crippen molar-refractivity contribution in [2.75, 3.05) is 13.1 Å². The minimum atomic E-state index is -0.230. The first-order chi connectivity index (χ1) is 8.66. The average molecular weight is 313 g/mol. The molecule has 98 valence electrons. The summed E-state index contributed by atoms with van der Waals surface area (Å²) in [4.78, 5) is 11.9. The van der Waals surface area contributed by atoms with Crippen molar-refractivity contribution in [2.24, 2.45) is 0 Å². The number of aromatic hydroxyl groups is 1. The molecule has 1 saturated heterocycles. The third-order valence-electron chi connectivity index (χ3n) is 3.14. The van der Waals surface area contributed by atoms with E-state index in [1.807, 2.05) is 0 Å². The molecule has 0 aliphatic carbocycles. The van der Waals surface area contributed by atoms with Gasteiger partial charge in [0.15, 0.2) is 0 Å². The van der Waals surface area contributed by atoms with Crippen molar-refractivity contribution < 1.29 is 9.90 Å². The van der Waals surface area contributed by atoms with Gasteiger partial charge in [-0.1, -0.05) is 15.9 Å². The quantitative estimate of drug-likeness (QED) is 0.797. The summed E-state index contributed by atoms with van der Waals surface area (Å²) in [5.41, 5.74) is 0.309. The van der Waals surface area contributed by atoms with Crippen molar-refractivity contribution in [3.8, 4) is 5.75 Å². The van der Waals surface area contributed by atoms with Gasteiger partial charge >= 0.3 is 0 Å². The first kappa shape index (κ1) is 13.4. The molecular weight excluding hydrogens is 296 g/mol. The molecule has 18 heavy (non-hydrogen) atoms. The zero-order valence-corrected chi connectivity index (χ0v) is 11.7. The molecule has 1 aromatic carbocycles. The number of halogens is 1. The van der Waals surface area contributed by atoms with Crippen molar-refractivity contribution in [2.45, 2.75) is 25.3 Å². The minimum Gasteiger partial charge on any atom is -0.507 e. The van der Waals surface area contributed by atoms with Crippen LogP contribution in [0.1, 0.15) is 29.6 Å². The van der Waals surface area contributed by atoms with Crippen LogP contribution < -0.4 is 10.6 Å². The van der Waals surface area contributed by atoms with Crippen LogP contribution in [0.2, 0.25) is 0 Å². The topological polar surface area (TPSA) is 61.4 Å². The van der Waals surface area contributed by atoms with E-state index in [1.165, 1.54) is 18.9 Å². The number of hydrogen-bond acceptors (Lipinski definition) is 3. The molecule has 1 aliphatic rings. The maximum Gasteiger partial charge on any atom is 0.255 e. The van der Waals surface area contributed by atoms with E-state index < -0.39 is 0 Å². The van der Waals surface area contributed by atoms with Gasteiger partial charge < -0.3 is 15.7 Å². The molecule has 1 fully saturated rings. The molecule has 0 aromatic heterocycles. The Kier molecular flexibility index (Phi) is 4.60. The van der Waals surface area contributed by atoms with Gasteiger partial charge in [-0.05, 0) is 44.0 Å². The lowest BCUT2D eigenvalue weighted by Gasteiger charge is -2.11. The molecule has 1 aliphatic heterocycles. The van der Waals surface area contributed by atoms with E-state index in [1.54, 1.807) is 12.1 Å². The Labute approximate surface area is 115 Å². The van der Waals surface area contributed by atoms with E-state index in [-0.39, 0.29) is 11.7 Å². The molecule has 1 unspecified atom stereocenters. The molecular formula is C13H17BrN2O2. The van der Waals surface area contributed by atoms with E-state index >= 15 is 0 Å². The Bertz CT molecular complexity index is 431. The summed E-state index contributed by atoms with van der Waals surface area (Å²) < 4.78 is 0.780. The van der Waals surface area contributed by atoms with Gasteiger partial charge in [0, 0.05) is 17.1 Å². The predicted molar refractivity (Wildman–Crippen MR) is 73.8 cm³/mol. The lowest BCUT2D eigenvalue weighted by Crippen LogP contribution is -2.30. The molecule has 4 nitrogen and oxygen atoms in total. The highest BCUT2D eigenvalue weighted by Gasteiger charge is 2.15. The van der Waals surface area contributed by atoms with E-state index in [2.05, 4.69) is 26.6 Å². The number of benzene rings is 1. The Hall–Kier alpha value is -1.07. The number of amides is 1. The van der Waals surface area contributed by atoms with Gasteiger partial charge in [0.25, 0.3) is 5.91 Å². The molecule has 0 radical (unpaired) electrons. The predicted octanol–water partition coefficient (Wildman–Crippen LogP) is 2.03. The zero-order chi connectivity index (χ0) is 13.0. The Morgan fingerprint density at radius 1 is 1.56 bits per heavy atom. The SMILES string of the molecule is O=C(NCCC1CCCN1)c1cc(Br)ccc1O. The molecule has 0 saturated carbocycles. The van der Waals surface area contributed by atoms with Crippen LogP contribution in [0.4, 0.5) is 0 Å². The summed E-state index contributed by atoms with van der Waals surface area (Å²) in [5.74, 6) is -0.221. The van der Waals surface area contributed by atoms with Crippen LogP contribution in [-0.4, -0.2) is 30.1 Å². The summed E-state index contributed by atoms with van der Waals surface area (Å²) in [7, 11) is 0. The molecule has 3 N–H and O–H groups in total. The van der Waals surface area contributed by atoms with Crippen LogP contribution >= 0.6 is 15.9 Å². The summed E-state index contributed by atoms with van der Waals surface area (Å²) in [6, 6.07) is 5.35. The number of hydrogen-bond donors (Lipinski definition) is 3. The largest absolute Gasteiger partial charge is 0.507 e. The fourth-order valence-corrected chi connectivity index (χ4v) is 2.51. The van der Waals surface area contributed by atoms with E-state index in [0.29, 0.717) is 18.2 Å². The number of carbonyl (C=O) groups excluding carboxylic acids is 1. The van der Waals surface area contributed by atoms with Crippen LogP contribution in [0.5, 0.6) is 5.75 Å². The summed E-state index contributed by atoms with van der Waals surface area (Å²) in [5, 5.41) is 15.8. The van der Waals surface area contributed by atoms with Crippen LogP contribution in [0.15, 0.2) is 22.7 Å². The van der Waals surface area contributed by atoms with Gasteiger partial charge in [0.1, 0.15) is 5.75 Å². The maximum absolute atomic E-state index is 11.9. The average Bonchev–Trinajstić information content (AvgIpc) is 2.85. The summed E-state index contributed by atoms with van der Waals surface area (Å²) in [6.45, 7) is 1.70. The Morgan fingerprint density at radius 3 is 3.11 bits per heavy atom. The lowest BCUT2D eigenvalue weighted by atomic mass is 10.1. The van der Waals surface area contributed by atoms with Crippen LogP contribution in [-0.2, 0) is 0 Å². The van der Waals surface area contributed by atoms with Crippen LogP contribution in [0, 0.1) is 0 Å². The van der Waals surface area contributed by atoms with Gasteiger partial charge in [0.2, 0.25) is 0 Å². The van der Waals surface area contributed by atoms with Crippen molar-refractivity contribution in [1.82, 2.24) is 10.6 Å². The van der Waals surface area contributed by atoms with Crippen LogP contribution in [0.25, 0.3) is 0 Å². The van der Waals surface area contributed by atoms with Gasteiger partial charge in [0.05, 0.1) is 5.56 Å². The second-order valence-electron chi connectivity index (χ2n) is 4.50. The number of phenolic OH excluding ortho intramolecular Hbond substituents is 1. The third kappa shape index (κ3) is 3.46. The lowest BCUT2D eigenvalue weighted by molar-refractivity contribution is 0.0949. The number of carbonyl (C=O) groups is 1. The first-order valence-corrected chi connectivity index (χ1v) is 6.96. The van der Waals surface area contributed by atoms with Gasteiger partial charge in [-0.2, -0.15) is 0 Å². The minimum absolute atomic E-state index is 0.00897. The zero-order valence-electron chi connectivity index (χ0n) is 10.1. The van der Waals surface area contributed by atoms with Crippen molar-refractivity contribution in [1.29, 1.82) is 0 Å². The first-order valence-electron chi connectivity index (χ1n) is 6.17. The molecule has 1 heterocycles.